The van der Waals surface area contributed by atoms with Crippen LogP contribution >= 0.6 is 31.9 Å². The number of halogens is 2. The van der Waals surface area contributed by atoms with Gasteiger partial charge in [-0.05, 0) is 56.3 Å². The Balaban J connectivity index is 2.26. The number of rotatable bonds is 4. The molecule has 0 saturated carbocycles. The predicted octanol–water partition coefficient (Wildman–Crippen LogP) is 5.59. The average molecular weight is 399 g/mol. The molecule has 2 rings (SSSR count). The van der Waals surface area contributed by atoms with Gasteiger partial charge in [0, 0.05) is 15.0 Å². The van der Waals surface area contributed by atoms with E-state index in [-0.39, 0.29) is 0 Å². The molecule has 106 valence electrons. The highest BCUT2D eigenvalue weighted by molar-refractivity contribution is 9.10. The molecule has 4 heteroatoms. The molecule has 0 heterocycles. The Morgan fingerprint density at radius 2 is 1.85 bits per heavy atom. The summed E-state index contributed by atoms with van der Waals surface area (Å²) in [5.41, 5.74) is 2.32. The van der Waals surface area contributed by atoms with E-state index in [2.05, 4.69) is 50.2 Å². The van der Waals surface area contributed by atoms with Gasteiger partial charge in [-0.15, -0.1) is 0 Å². The van der Waals surface area contributed by atoms with E-state index in [9.17, 15) is 0 Å². The van der Waals surface area contributed by atoms with Gasteiger partial charge in [0.25, 0.3) is 0 Å². The van der Waals surface area contributed by atoms with E-state index >= 15 is 0 Å². The van der Waals surface area contributed by atoms with Crippen LogP contribution in [0.2, 0.25) is 0 Å². The van der Waals surface area contributed by atoms with Gasteiger partial charge in [0.15, 0.2) is 0 Å². The standard InChI is InChI=1S/C16H17Br2NO/c1-10-4-5-12(17)8-16(10)20-13-6-7-14(11(2)19-3)15(18)9-13/h4-9,11,19H,1-3H3. The van der Waals surface area contributed by atoms with E-state index < -0.39 is 0 Å². The minimum Gasteiger partial charge on any atom is -0.457 e. The monoisotopic (exact) mass is 397 g/mol. The molecule has 0 bridgehead atoms. The Morgan fingerprint density at radius 3 is 2.50 bits per heavy atom. The molecule has 0 fully saturated rings. The number of benzene rings is 2. The van der Waals surface area contributed by atoms with Crippen LogP contribution in [0.15, 0.2) is 45.3 Å². The topological polar surface area (TPSA) is 21.3 Å². The maximum atomic E-state index is 5.96. The first-order valence-corrected chi connectivity index (χ1v) is 8.00. The van der Waals surface area contributed by atoms with E-state index in [4.69, 9.17) is 4.74 Å². The largest absolute Gasteiger partial charge is 0.457 e. The first kappa shape index (κ1) is 15.5. The fourth-order valence-corrected chi connectivity index (χ4v) is 2.93. The number of hydrogen-bond donors (Lipinski definition) is 1. The lowest BCUT2D eigenvalue weighted by Gasteiger charge is -2.15. The van der Waals surface area contributed by atoms with Crippen molar-refractivity contribution in [3.05, 3.63) is 56.5 Å². The zero-order valence-corrected chi connectivity index (χ0v) is 14.9. The van der Waals surface area contributed by atoms with Gasteiger partial charge in [0.2, 0.25) is 0 Å². The van der Waals surface area contributed by atoms with Crippen LogP contribution in [0.25, 0.3) is 0 Å². The van der Waals surface area contributed by atoms with Crippen LogP contribution in [0.1, 0.15) is 24.1 Å². The van der Waals surface area contributed by atoms with Crippen molar-refractivity contribution in [3.63, 3.8) is 0 Å². The summed E-state index contributed by atoms with van der Waals surface area (Å²) in [7, 11) is 1.95. The van der Waals surface area contributed by atoms with Crippen LogP contribution in [-0.2, 0) is 0 Å². The maximum Gasteiger partial charge on any atom is 0.131 e. The first-order chi connectivity index (χ1) is 9.51. The minimum atomic E-state index is 0.297. The average Bonchev–Trinajstić information content (AvgIpc) is 2.42. The van der Waals surface area contributed by atoms with Gasteiger partial charge in [0.05, 0.1) is 0 Å². The quantitative estimate of drug-likeness (QED) is 0.724. The maximum absolute atomic E-state index is 5.96. The summed E-state index contributed by atoms with van der Waals surface area (Å²) in [6.07, 6.45) is 0. The van der Waals surface area contributed by atoms with Gasteiger partial charge in [-0.3, -0.25) is 0 Å². The summed E-state index contributed by atoms with van der Waals surface area (Å²) in [5.74, 6) is 1.69. The molecule has 0 aromatic heterocycles. The second kappa shape index (κ2) is 6.74. The molecule has 0 saturated heterocycles. The van der Waals surface area contributed by atoms with Crippen molar-refractivity contribution in [1.29, 1.82) is 0 Å². The highest BCUT2D eigenvalue weighted by atomic mass is 79.9. The van der Waals surface area contributed by atoms with Crippen molar-refractivity contribution in [2.45, 2.75) is 19.9 Å². The summed E-state index contributed by atoms with van der Waals surface area (Å²) in [6.45, 7) is 4.16. The molecule has 1 N–H and O–H groups in total. The van der Waals surface area contributed by atoms with E-state index in [1.807, 2.05) is 44.3 Å². The lowest BCUT2D eigenvalue weighted by Crippen LogP contribution is -2.12. The van der Waals surface area contributed by atoms with Crippen LogP contribution in [0.4, 0.5) is 0 Å². The third-order valence-corrected chi connectivity index (χ3v) is 4.43. The summed E-state index contributed by atoms with van der Waals surface area (Å²) in [6, 6.07) is 12.4. The Labute approximate surface area is 136 Å². The van der Waals surface area contributed by atoms with Gasteiger partial charge in [-0.25, -0.2) is 0 Å². The summed E-state index contributed by atoms with van der Waals surface area (Å²) >= 11 is 7.07. The van der Waals surface area contributed by atoms with E-state index in [1.54, 1.807) is 0 Å². The Hall–Kier alpha value is -0.840. The Kier molecular flexibility index (Phi) is 5.24. The molecule has 0 aliphatic rings. The zero-order chi connectivity index (χ0) is 14.7. The third kappa shape index (κ3) is 3.62. The third-order valence-electron chi connectivity index (χ3n) is 3.25. The van der Waals surface area contributed by atoms with Crippen LogP contribution in [-0.4, -0.2) is 7.05 Å². The molecule has 2 nitrogen and oxygen atoms in total. The van der Waals surface area contributed by atoms with Gasteiger partial charge >= 0.3 is 0 Å². The molecule has 1 unspecified atom stereocenters. The normalized spacial score (nSPS) is 12.2. The van der Waals surface area contributed by atoms with Crippen molar-refractivity contribution < 1.29 is 4.74 Å². The van der Waals surface area contributed by atoms with Crippen molar-refractivity contribution in [2.75, 3.05) is 7.05 Å². The fraction of sp³-hybridized carbons (Fsp3) is 0.250. The second-order valence-electron chi connectivity index (χ2n) is 4.71. The molecule has 20 heavy (non-hydrogen) atoms. The summed E-state index contributed by atoms with van der Waals surface area (Å²) in [4.78, 5) is 0. The van der Waals surface area contributed by atoms with Gasteiger partial charge in [-0.1, -0.05) is 44.0 Å². The van der Waals surface area contributed by atoms with Gasteiger partial charge in [-0.2, -0.15) is 0 Å². The summed E-state index contributed by atoms with van der Waals surface area (Å²) < 4.78 is 8.02. The van der Waals surface area contributed by atoms with Crippen molar-refractivity contribution in [2.24, 2.45) is 0 Å². The van der Waals surface area contributed by atoms with E-state index in [0.717, 1.165) is 26.0 Å². The molecule has 0 aliphatic heterocycles. The van der Waals surface area contributed by atoms with Crippen LogP contribution in [0.3, 0.4) is 0 Å². The Bertz CT molecular complexity index is 613. The highest BCUT2D eigenvalue weighted by Crippen LogP contribution is 2.32. The second-order valence-corrected chi connectivity index (χ2v) is 6.48. The van der Waals surface area contributed by atoms with Gasteiger partial charge < -0.3 is 10.1 Å². The predicted molar refractivity (Wildman–Crippen MR) is 90.6 cm³/mol. The smallest absolute Gasteiger partial charge is 0.131 e. The van der Waals surface area contributed by atoms with Crippen molar-refractivity contribution in [3.8, 4) is 11.5 Å². The SMILES string of the molecule is CNC(C)c1ccc(Oc2cc(Br)ccc2C)cc1Br. The molecule has 0 spiro atoms. The fourth-order valence-electron chi connectivity index (χ4n) is 1.89. The first-order valence-electron chi connectivity index (χ1n) is 6.42. The van der Waals surface area contributed by atoms with E-state index in [1.165, 1.54) is 5.56 Å². The van der Waals surface area contributed by atoms with Crippen LogP contribution in [0, 0.1) is 6.92 Å². The molecule has 2 aromatic carbocycles. The summed E-state index contributed by atoms with van der Waals surface area (Å²) in [5, 5.41) is 3.23. The minimum absolute atomic E-state index is 0.297. The zero-order valence-electron chi connectivity index (χ0n) is 11.7. The van der Waals surface area contributed by atoms with Crippen LogP contribution < -0.4 is 10.1 Å². The number of aryl methyl sites for hydroxylation is 1. The molecule has 2 aromatic rings. The lowest BCUT2D eigenvalue weighted by molar-refractivity contribution is 0.477. The highest BCUT2D eigenvalue weighted by Gasteiger charge is 2.09. The van der Waals surface area contributed by atoms with Crippen molar-refractivity contribution in [1.82, 2.24) is 5.32 Å². The number of hydrogen-bond acceptors (Lipinski definition) is 2. The molecular weight excluding hydrogens is 382 g/mol. The molecule has 0 aliphatic carbocycles. The van der Waals surface area contributed by atoms with Gasteiger partial charge in [0.1, 0.15) is 11.5 Å². The van der Waals surface area contributed by atoms with Crippen LogP contribution in [0.5, 0.6) is 11.5 Å². The van der Waals surface area contributed by atoms with Crippen molar-refractivity contribution >= 4 is 31.9 Å². The molecule has 1 atom stereocenters. The van der Waals surface area contributed by atoms with E-state index in [0.29, 0.717) is 6.04 Å². The Morgan fingerprint density at radius 1 is 1.10 bits per heavy atom. The number of nitrogens with one attached hydrogen (secondary N) is 1. The number of ether oxygens (including phenoxy) is 1. The lowest BCUT2D eigenvalue weighted by atomic mass is 10.1. The molecular formula is C16H17Br2NO. The molecule has 0 radical (unpaired) electrons. The molecule has 0 amide bonds.